The van der Waals surface area contributed by atoms with Crippen LogP contribution in [0.3, 0.4) is 0 Å². The lowest BCUT2D eigenvalue weighted by Gasteiger charge is -2.10. The van der Waals surface area contributed by atoms with Crippen molar-refractivity contribution in [3.63, 3.8) is 0 Å². The Morgan fingerprint density at radius 2 is 1.76 bits per heavy atom. The van der Waals surface area contributed by atoms with Crippen LogP contribution in [0.4, 0.5) is 5.95 Å². The molecule has 2 aromatic heterocycles. The molecule has 1 amide bonds. The van der Waals surface area contributed by atoms with Gasteiger partial charge in [0, 0.05) is 11.2 Å². The first-order valence-corrected chi connectivity index (χ1v) is 11.0. The van der Waals surface area contributed by atoms with Crippen molar-refractivity contribution in [1.29, 1.82) is 0 Å². The average molecular weight is 506 g/mol. The molecule has 4 rings (SSSR count). The van der Waals surface area contributed by atoms with Crippen molar-refractivity contribution in [2.45, 2.75) is 27.1 Å². The Labute approximate surface area is 205 Å². The highest BCUT2D eigenvalue weighted by molar-refractivity contribution is 6.42. The number of ether oxygens (including phenoxy) is 1. The fourth-order valence-electron chi connectivity index (χ4n) is 3.10. The summed E-state index contributed by atoms with van der Waals surface area (Å²) < 4.78 is 8.86. The van der Waals surface area contributed by atoms with E-state index in [0.29, 0.717) is 27.4 Å². The molecule has 0 aliphatic rings. The number of hydrogen-bond donors (Lipinski definition) is 1. The van der Waals surface area contributed by atoms with Crippen molar-refractivity contribution in [2.24, 2.45) is 0 Å². The van der Waals surface area contributed by atoms with E-state index in [0.717, 1.165) is 16.7 Å². The number of nitrogens with one attached hydrogen (secondary N) is 1. The number of nitrogens with zero attached hydrogens (tertiary/aromatic N) is 5. The van der Waals surface area contributed by atoms with Gasteiger partial charge in [-0.05, 0) is 60.9 Å². The van der Waals surface area contributed by atoms with E-state index in [9.17, 15) is 4.79 Å². The number of amides is 1. The van der Waals surface area contributed by atoms with Crippen molar-refractivity contribution in [1.82, 2.24) is 24.5 Å². The first-order valence-electron chi connectivity index (χ1n) is 9.86. The van der Waals surface area contributed by atoms with Gasteiger partial charge in [0.2, 0.25) is 5.95 Å². The van der Waals surface area contributed by atoms with Gasteiger partial charge in [-0.2, -0.15) is 5.10 Å². The van der Waals surface area contributed by atoms with Crippen LogP contribution in [0, 0.1) is 13.8 Å². The molecule has 0 saturated carbocycles. The molecule has 0 bridgehead atoms. The second kappa shape index (κ2) is 9.82. The fourth-order valence-corrected chi connectivity index (χ4v) is 3.53. The summed E-state index contributed by atoms with van der Waals surface area (Å²) >= 11 is 18.2. The Morgan fingerprint density at radius 3 is 2.48 bits per heavy atom. The van der Waals surface area contributed by atoms with Crippen LogP contribution >= 0.6 is 34.8 Å². The number of aromatic nitrogens is 5. The van der Waals surface area contributed by atoms with Gasteiger partial charge < -0.3 is 4.74 Å². The number of rotatable bonds is 7. The number of aryl methyl sites for hydroxylation is 2. The molecule has 2 aromatic carbocycles. The van der Waals surface area contributed by atoms with Crippen LogP contribution in [0.5, 0.6) is 5.75 Å². The summed E-state index contributed by atoms with van der Waals surface area (Å²) in [5, 5.41) is 12.8. The molecule has 33 heavy (non-hydrogen) atoms. The summed E-state index contributed by atoms with van der Waals surface area (Å²) in [6.07, 6.45) is 3.17. The van der Waals surface area contributed by atoms with Crippen LogP contribution < -0.4 is 10.1 Å². The Hall–Kier alpha value is -3.07. The quantitative estimate of drug-likeness (QED) is 0.364. The largest absolute Gasteiger partial charge is 0.471 e. The second-order valence-corrected chi connectivity index (χ2v) is 8.55. The van der Waals surface area contributed by atoms with Crippen LogP contribution in [0.15, 0.2) is 48.9 Å². The molecule has 1 N–H and O–H groups in total. The highest BCUT2D eigenvalue weighted by Crippen LogP contribution is 2.26. The zero-order chi connectivity index (χ0) is 23.5. The van der Waals surface area contributed by atoms with Gasteiger partial charge in [0.15, 0.2) is 12.4 Å². The summed E-state index contributed by atoms with van der Waals surface area (Å²) in [4.78, 5) is 16.6. The second-order valence-electron chi connectivity index (χ2n) is 7.35. The fraction of sp³-hybridized carbons (Fsp3) is 0.182. The molecular formula is C22H19Cl3N6O2. The maximum atomic E-state index is 12.5. The number of carbonyl (C=O) groups is 1. The summed E-state index contributed by atoms with van der Waals surface area (Å²) in [6.45, 7) is 4.40. The van der Waals surface area contributed by atoms with Crippen molar-refractivity contribution in [2.75, 3.05) is 5.32 Å². The summed E-state index contributed by atoms with van der Waals surface area (Å²) in [7, 11) is 0. The van der Waals surface area contributed by atoms with E-state index in [1.165, 1.54) is 11.0 Å². The van der Waals surface area contributed by atoms with E-state index in [-0.39, 0.29) is 18.4 Å². The van der Waals surface area contributed by atoms with Crippen LogP contribution in [0.1, 0.15) is 27.2 Å². The molecule has 0 atom stereocenters. The maximum absolute atomic E-state index is 12.5. The predicted molar refractivity (Wildman–Crippen MR) is 127 cm³/mol. The highest BCUT2D eigenvalue weighted by Gasteiger charge is 2.13. The Morgan fingerprint density at radius 1 is 1.00 bits per heavy atom. The van der Waals surface area contributed by atoms with Crippen molar-refractivity contribution in [3.8, 4) is 5.75 Å². The topological polar surface area (TPSA) is 86.9 Å². The molecule has 0 spiro atoms. The first-order chi connectivity index (χ1) is 15.8. The normalized spacial score (nSPS) is 10.9. The molecule has 2 heterocycles. The third-order valence-corrected chi connectivity index (χ3v) is 6.07. The Kier molecular flexibility index (Phi) is 6.88. The molecule has 11 heteroatoms. The predicted octanol–water partition coefficient (Wildman–Crippen LogP) is 5.39. The molecule has 170 valence electrons. The van der Waals surface area contributed by atoms with Crippen molar-refractivity contribution >= 4 is 46.7 Å². The van der Waals surface area contributed by atoms with Crippen LogP contribution in [-0.2, 0) is 13.3 Å². The van der Waals surface area contributed by atoms with E-state index in [1.54, 1.807) is 29.1 Å². The zero-order valence-electron chi connectivity index (χ0n) is 17.7. The van der Waals surface area contributed by atoms with Gasteiger partial charge in [-0.25, -0.2) is 14.3 Å². The number of halogens is 3. The standard InChI is InChI=1S/C22H19Cl3N6O2/c1-13-7-16(8-14(2)20(13)25)33-12-30-6-5-19(28-30)21(32)27-22-26-11-31(29-22)10-15-3-4-17(23)18(24)9-15/h3-9,11H,10,12H2,1-2H3,(H,27,29,32). The van der Waals surface area contributed by atoms with Crippen LogP contribution in [0.2, 0.25) is 15.1 Å². The minimum Gasteiger partial charge on any atom is -0.471 e. The van der Waals surface area contributed by atoms with Gasteiger partial charge in [-0.1, -0.05) is 40.9 Å². The number of anilines is 1. The molecule has 0 aliphatic heterocycles. The molecule has 0 aliphatic carbocycles. The molecule has 0 unspecified atom stereocenters. The zero-order valence-corrected chi connectivity index (χ0v) is 20.0. The van der Waals surface area contributed by atoms with Gasteiger partial charge >= 0.3 is 0 Å². The van der Waals surface area contributed by atoms with Crippen molar-refractivity contribution in [3.05, 3.63) is 86.4 Å². The van der Waals surface area contributed by atoms with E-state index >= 15 is 0 Å². The first kappa shape index (κ1) is 23.1. The van der Waals surface area contributed by atoms with E-state index in [1.807, 2.05) is 32.0 Å². The highest BCUT2D eigenvalue weighted by atomic mass is 35.5. The van der Waals surface area contributed by atoms with Crippen LogP contribution in [0.25, 0.3) is 0 Å². The van der Waals surface area contributed by atoms with Gasteiger partial charge in [-0.15, -0.1) is 5.10 Å². The smallest absolute Gasteiger partial charge is 0.278 e. The number of carbonyl (C=O) groups excluding carboxylic acids is 1. The van der Waals surface area contributed by atoms with Gasteiger partial charge in [0.25, 0.3) is 5.91 Å². The number of benzene rings is 2. The lowest BCUT2D eigenvalue weighted by molar-refractivity contribution is 0.101. The van der Waals surface area contributed by atoms with E-state index in [2.05, 4.69) is 20.5 Å². The Balaban J connectivity index is 1.34. The molecule has 0 saturated heterocycles. The maximum Gasteiger partial charge on any atom is 0.278 e. The molecule has 0 fully saturated rings. The summed E-state index contributed by atoms with van der Waals surface area (Å²) in [5.74, 6) is 0.407. The Bertz CT molecular complexity index is 1290. The van der Waals surface area contributed by atoms with Gasteiger partial charge in [-0.3, -0.25) is 10.1 Å². The van der Waals surface area contributed by atoms with Crippen molar-refractivity contribution < 1.29 is 9.53 Å². The van der Waals surface area contributed by atoms with Crippen LogP contribution in [-0.4, -0.2) is 30.5 Å². The minimum atomic E-state index is -0.431. The lowest BCUT2D eigenvalue weighted by Crippen LogP contribution is -2.15. The average Bonchev–Trinajstić information content (AvgIpc) is 3.42. The third-order valence-electron chi connectivity index (χ3n) is 4.74. The third kappa shape index (κ3) is 5.65. The van der Waals surface area contributed by atoms with Gasteiger partial charge in [0.05, 0.1) is 16.6 Å². The van der Waals surface area contributed by atoms with E-state index in [4.69, 9.17) is 39.5 Å². The summed E-state index contributed by atoms with van der Waals surface area (Å²) in [6, 6.07) is 10.6. The summed E-state index contributed by atoms with van der Waals surface area (Å²) in [5.41, 5.74) is 2.97. The molecule has 8 nitrogen and oxygen atoms in total. The molecule has 4 aromatic rings. The number of hydrogen-bond acceptors (Lipinski definition) is 5. The lowest BCUT2D eigenvalue weighted by atomic mass is 10.1. The molecule has 0 radical (unpaired) electrons. The SMILES string of the molecule is Cc1cc(OCn2ccc(C(=O)Nc3ncn(Cc4ccc(Cl)c(Cl)c4)n3)n2)cc(C)c1Cl. The monoisotopic (exact) mass is 504 g/mol. The van der Waals surface area contributed by atoms with Gasteiger partial charge in [0.1, 0.15) is 12.1 Å². The van der Waals surface area contributed by atoms with E-state index < -0.39 is 5.91 Å². The minimum absolute atomic E-state index is 0.143. The molecular weight excluding hydrogens is 487 g/mol.